The first-order valence-electron chi connectivity index (χ1n) is 6.16. The fraction of sp³-hybridized carbons (Fsp3) is 0.357. The molecule has 2 aromatic rings. The summed E-state index contributed by atoms with van der Waals surface area (Å²) in [4.78, 5) is 4.15. The van der Waals surface area contributed by atoms with E-state index in [2.05, 4.69) is 4.98 Å². The van der Waals surface area contributed by atoms with E-state index >= 15 is 0 Å². The Kier molecular flexibility index (Phi) is 4.45. The van der Waals surface area contributed by atoms with E-state index < -0.39 is 6.10 Å². The Labute approximate surface area is 117 Å². The molecule has 1 aromatic heterocycles. The number of halogens is 1. The van der Waals surface area contributed by atoms with Gasteiger partial charge in [0.25, 0.3) is 0 Å². The van der Waals surface area contributed by atoms with E-state index in [-0.39, 0.29) is 0 Å². The zero-order valence-electron chi connectivity index (χ0n) is 11.0. The van der Waals surface area contributed by atoms with Crippen molar-refractivity contribution in [1.29, 1.82) is 0 Å². The van der Waals surface area contributed by atoms with Crippen molar-refractivity contribution in [3.8, 4) is 5.75 Å². The topological polar surface area (TPSA) is 47.3 Å². The van der Waals surface area contributed by atoms with Gasteiger partial charge in [-0.3, -0.25) is 0 Å². The van der Waals surface area contributed by atoms with Crippen LogP contribution in [0, 0.1) is 6.92 Å². The molecular formula is C14H17ClN2O2. The molecule has 0 aliphatic carbocycles. The van der Waals surface area contributed by atoms with Crippen LogP contribution in [0.25, 0.3) is 0 Å². The normalized spacial score (nSPS) is 12.4. The largest absolute Gasteiger partial charge is 0.491 e. The van der Waals surface area contributed by atoms with E-state index in [9.17, 15) is 5.11 Å². The molecule has 0 aliphatic heterocycles. The van der Waals surface area contributed by atoms with Crippen molar-refractivity contribution in [3.63, 3.8) is 0 Å². The number of hydrogen-bond acceptors (Lipinski definition) is 3. The fourth-order valence-corrected chi connectivity index (χ4v) is 2.05. The average Bonchev–Trinajstić information content (AvgIpc) is 2.77. The van der Waals surface area contributed by atoms with Gasteiger partial charge in [0.15, 0.2) is 0 Å². The molecule has 0 fully saturated rings. The molecule has 1 heterocycles. The van der Waals surface area contributed by atoms with Crippen molar-refractivity contribution in [2.24, 2.45) is 0 Å². The molecule has 4 nitrogen and oxygen atoms in total. The zero-order valence-corrected chi connectivity index (χ0v) is 11.8. The summed E-state index contributed by atoms with van der Waals surface area (Å²) in [5, 5.41) is 10.3. The third kappa shape index (κ3) is 3.49. The first kappa shape index (κ1) is 13.9. The summed E-state index contributed by atoms with van der Waals surface area (Å²) >= 11 is 5.92. The monoisotopic (exact) mass is 280 g/mol. The van der Waals surface area contributed by atoms with E-state index in [0.29, 0.717) is 29.5 Å². The van der Waals surface area contributed by atoms with Gasteiger partial charge >= 0.3 is 0 Å². The molecule has 0 radical (unpaired) electrons. The van der Waals surface area contributed by atoms with Crippen molar-refractivity contribution in [2.45, 2.75) is 26.5 Å². The summed E-state index contributed by atoms with van der Waals surface area (Å²) in [7, 11) is 0. The van der Waals surface area contributed by atoms with Gasteiger partial charge in [-0.25, -0.2) is 4.98 Å². The lowest BCUT2D eigenvalue weighted by Gasteiger charge is -2.14. The second-order valence-electron chi connectivity index (χ2n) is 4.37. The highest BCUT2D eigenvalue weighted by molar-refractivity contribution is 6.30. The van der Waals surface area contributed by atoms with Crippen molar-refractivity contribution in [1.82, 2.24) is 9.55 Å². The summed E-state index contributed by atoms with van der Waals surface area (Å²) in [6.45, 7) is 4.87. The van der Waals surface area contributed by atoms with Crippen LogP contribution < -0.4 is 4.74 Å². The Morgan fingerprint density at radius 3 is 2.89 bits per heavy atom. The Morgan fingerprint density at radius 2 is 2.26 bits per heavy atom. The molecular weight excluding hydrogens is 264 g/mol. The molecule has 0 saturated heterocycles. The van der Waals surface area contributed by atoms with Crippen molar-refractivity contribution >= 4 is 11.6 Å². The number of ether oxygens (including phenoxy) is 1. The molecule has 19 heavy (non-hydrogen) atoms. The average molecular weight is 281 g/mol. The lowest BCUT2D eigenvalue weighted by atomic mass is 10.1. The maximum atomic E-state index is 9.70. The number of hydrogen-bond donors (Lipinski definition) is 1. The van der Waals surface area contributed by atoms with Crippen LogP contribution in [0.5, 0.6) is 5.75 Å². The minimum absolute atomic E-state index is 0.512. The van der Waals surface area contributed by atoms with Crippen molar-refractivity contribution in [3.05, 3.63) is 47.0 Å². The predicted octanol–water partition coefficient (Wildman–Crippen LogP) is 2.98. The molecule has 0 saturated carbocycles. The van der Waals surface area contributed by atoms with Crippen LogP contribution in [0.4, 0.5) is 0 Å². The molecule has 1 atom stereocenters. The fourth-order valence-electron chi connectivity index (χ4n) is 1.87. The van der Waals surface area contributed by atoms with Crippen LogP contribution in [0.3, 0.4) is 0 Å². The Bertz CT molecular complexity index is 552. The second kappa shape index (κ2) is 6.08. The highest BCUT2D eigenvalue weighted by Gasteiger charge is 2.10. The van der Waals surface area contributed by atoms with Crippen LogP contribution in [0.1, 0.15) is 24.4 Å². The summed E-state index contributed by atoms with van der Waals surface area (Å²) in [6, 6.07) is 5.26. The Balaban J connectivity index is 2.01. The number of aliphatic hydroxyl groups excluding tert-OH is 1. The van der Waals surface area contributed by atoms with Gasteiger partial charge in [0.05, 0.1) is 12.6 Å². The highest BCUT2D eigenvalue weighted by Crippen LogP contribution is 2.28. The van der Waals surface area contributed by atoms with Gasteiger partial charge < -0.3 is 14.4 Å². The van der Waals surface area contributed by atoms with E-state index in [4.69, 9.17) is 16.3 Å². The molecule has 0 amide bonds. The number of nitrogens with zero attached hydrogens (tertiary/aromatic N) is 2. The molecule has 1 N–H and O–H groups in total. The number of aliphatic hydroxyl groups is 1. The van der Waals surface area contributed by atoms with Gasteiger partial charge in [-0.1, -0.05) is 11.6 Å². The number of imidazole rings is 1. The SMILES string of the molecule is Cc1nccn1CCOc1ccc(Cl)cc1[C@H](C)O. The molecule has 0 aliphatic rings. The number of aromatic nitrogens is 2. The van der Waals surface area contributed by atoms with Gasteiger partial charge in [-0.05, 0) is 32.0 Å². The summed E-state index contributed by atoms with van der Waals surface area (Å²) < 4.78 is 7.73. The zero-order chi connectivity index (χ0) is 13.8. The summed E-state index contributed by atoms with van der Waals surface area (Å²) in [5.41, 5.74) is 0.704. The van der Waals surface area contributed by atoms with Crippen LogP contribution in [0.2, 0.25) is 5.02 Å². The van der Waals surface area contributed by atoms with Gasteiger partial charge in [0.1, 0.15) is 18.2 Å². The maximum absolute atomic E-state index is 9.70. The van der Waals surface area contributed by atoms with E-state index in [0.717, 1.165) is 5.82 Å². The molecule has 0 bridgehead atoms. The van der Waals surface area contributed by atoms with Crippen LogP contribution in [0.15, 0.2) is 30.6 Å². The van der Waals surface area contributed by atoms with Crippen LogP contribution in [-0.2, 0) is 6.54 Å². The summed E-state index contributed by atoms with van der Waals surface area (Å²) in [5.74, 6) is 1.62. The lowest BCUT2D eigenvalue weighted by molar-refractivity contribution is 0.190. The van der Waals surface area contributed by atoms with E-state index in [1.165, 1.54) is 0 Å². The van der Waals surface area contributed by atoms with Gasteiger partial charge in [-0.15, -0.1) is 0 Å². The smallest absolute Gasteiger partial charge is 0.125 e. The lowest BCUT2D eigenvalue weighted by Crippen LogP contribution is -2.10. The molecule has 102 valence electrons. The van der Waals surface area contributed by atoms with Gasteiger partial charge in [0.2, 0.25) is 0 Å². The molecule has 0 unspecified atom stereocenters. The van der Waals surface area contributed by atoms with E-state index in [1.54, 1.807) is 31.3 Å². The number of aryl methyl sites for hydroxylation is 1. The molecule has 5 heteroatoms. The minimum Gasteiger partial charge on any atom is -0.491 e. The highest BCUT2D eigenvalue weighted by atomic mass is 35.5. The Hall–Kier alpha value is -1.52. The van der Waals surface area contributed by atoms with Crippen molar-refractivity contribution in [2.75, 3.05) is 6.61 Å². The predicted molar refractivity (Wildman–Crippen MR) is 74.5 cm³/mol. The first-order valence-corrected chi connectivity index (χ1v) is 6.54. The number of rotatable bonds is 5. The molecule has 0 spiro atoms. The summed E-state index contributed by atoms with van der Waals surface area (Å²) in [6.07, 6.45) is 3.07. The standard InChI is InChI=1S/C14H17ClN2O2/c1-10(18)13-9-12(15)3-4-14(13)19-8-7-17-6-5-16-11(17)2/h3-6,9-10,18H,7-8H2,1-2H3/t10-/m0/s1. The quantitative estimate of drug-likeness (QED) is 0.916. The van der Waals surface area contributed by atoms with Gasteiger partial charge in [0, 0.05) is 23.0 Å². The maximum Gasteiger partial charge on any atom is 0.125 e. The Morgan fingerprint density at radius 1 is 1.47 bits per heavy atom. The van der Waals surface area contributed by atoms with Crippen molar-refractivity contribution < 1.29 is 9.84 Å². The minimum atomic E-state index is -0.608. The van der Waals surface area contributed by atoms with E-state index in [1.807, 2.05) is 17.7 Å². The first-order chi connectivity index (χ1) is 9.08. The third-order valence-electron chi connectivity index (χ3n) is 2.94. The van der Waals surface area contributed by atoms with Crippen LogP contribution in [-0.4, -0.2) is 21.3 Å². The number of benzene rings is 1. The molecule has 1 aromatic carbocycles. The molecule has 2 rings (SSSR count). The second-order valence-corrected chi connectivity index (χ2v) is 4.81. The van der Waals surface area contributed by atoms with Crippen LogP contribution >= 0.6 is 11.6 Å². The van der Waals surface area contributed by atoms with Gasteiger partial charge in [-0.2, -0.15) is 0 Å². The third-order valence-corrected chi connectivity index (χ3v) is 3.17.